The van der Waals surface area contributed by atoms with Crippen LogP contribution in [0.4, 0.5) is 0 Å². The Kier molecular flexibility index (Phi) is 12.1. The molecule has 2 heterocycles. The van der Waals surface area contributed by atoms with Gasteiger partial charge in [-0.2, -0.15) is 5.10 Å². The predicted molar refractivity (Wildman–Crippen MR) is 176 cm³/mol. The second kappa shape index (κ2) is 15.5. The van der Waals surface area contributed by atoms with Crippen molar-refractivity contribution >= 4 is 41.2 Å². The predicted octanol–water partition coefficient (Wildman–Crippen LogP) is 5.73. The number of para-hydroxylation sites is 1. The highest BCUT2D eigenvalue weighted by atomic mass is 35.5. The summed E-state index contributed by atoms with van der Waals surface area (Å²) in [5.74, 6) is -2.08. The number of aromatic hydroxyl groups is 1. The molecule has 1 aliphatic heterocycles. The van der Waals surface area contributed by atoms with Gasteiger partial charge in [0.1, 0.15) is 5.75 Å². The zero-order valence-corrected chi connectivity index (χ0v) is 26.6. The van der Waals surface area contributed by atoms with E-state index in [0.717, 1.165) is 49.8 Å². The summed E-state index contributed by atoms with van der Waals surface area (Å²) in [7, 11) is 0. The first-order valence-electron chi connectivity index (χ1n) is 14.8. The first-order chi connectivity index (χ1) is 20.9. The first kappa shape index (κ1) is 35.1. The maximum absolute atomic E-state index is 11.7. The van der Waals surface area contributed by atoms with Crippen LogP contribution in [0, 0.1) is 12.8 Å². The molecule has 240 valence electrons. The number of hydrogen-bond donors (Lipinski definition) is 4. The lowest BCUT2D eigenvalue weighted by Gasteiger charge is -2.32. The van der Waals surface area contributed by atoms with E-state index in [4.69, 9.17) is 5.73 Å². The number of carboxylic acid groups (broad SMARTS) is 2. The monoisotopic (exact) mass is 636 g/mol. The van der Waals surface area contributed by atoms with Crippen molar-refractivity contribution in [3.05, 3.63) is 94.2 Å². The summed E-state index contributed by atoms with van der Waals surface area (Å²) in [6.07, 6.45) is 3.23. The van der Waals surface area contributed by atoms with Crippen molar-refractivity contribution in [3.63, 3.8) is 0 Å². The van der Waals surface area contributed by atoms with Crippen LogP contribution in [0.5, 0.6) is 5.75 Å². The van der Waals surface area contributed by atoms with Gasteiger partial charge in [0.05, 0.1) is 16.6 Å². The van der Waals surface area contributed by atoms with Crippen LogP contribution in [0.15, 0.2) is 60.7 Å². The number of benzene rings is 3. The van der Waals surface area contributed by atoms with Crippen molar-refractivity contribution in [1.29, 1.82) is 0 Å². The third-order valence-electron chi connectivity index (χ3n) is 8.04. The molecule has 1 saturated heterocycles. The van der Waals surface area contributed by atoms with Gasteiger partial charge in [0.25, 0.3) is 5.91 Å². The summed E-state index contributed by atoms with van der Waals surface area (Å²) in [5, 5.41) is 33.5. The molecule has 10 nitrogen and oxygen atoms in total. The minimum Gasteiger partial charge on any atom is -0.508 e. The molecule has 3 aromatic carbocycles. The van der Waals surface area contributed by atoms with Crippen molar-refractivity contribution in [2.24, 2.45) is 11.7 Å². The lowest BCUT2D eigenvalue weighted by atomic mass is 9.85. The zero-order chi connectivity index (χ0) is 32.0. The molecular formula is C34H41ClN4O6. The second-order valence-electron chi connectivity index (χ2n) is 11.6. The topological polar surface area (TPSA) is 159 Å². The normalized spacial score (nSPS) is 13.6. The van der Waals surface area contributed by atoms with Crippen LogP contribution < -0.4 is 5.73 Å². The Balaban J connectivity index is 0.000000290. The minimum absolute atomic E-state index is 0. The maximum Gasteiger partial charge on any atom is 0.335 e. The van der Waals surface area contributed by atoms with Crippen LogP contribution >= 0.6 is 12.4 Å². The molecule has 1 aromatic heterocycles. The number of primary amides is 1. The van der Waals surface area contributed by atoms with Gasteiger partial charge in [-0.25, -0.2) is 9.59 Å². The van der Waals surface area contributed by atoms with Crippen molar-refractivity contribution in [2.75, 3.05) is 19.6 Å². The number of hydrogen-bond acceptors (Lipinski definition) is 6. The third-order valence-corrected chi connectivity index (χ3v) is 8.04. The Labute approximate surface area is 268 Å². The number of nitrogens with two attached hydrogens (primary N) is 1. The highest BCUT2D eigenvalue weighted by Gasteiger charge is 2.25. The molecule has 1 fully saturated rings. The van der Waals surface area contributed by atoms with Gasteiger partial charge in [-0.3, -0.25) is 9.48 Å². The van der Waals surface area contributed by atoms with E-state index >= 15 is 0 Å². The smallest absolute Gasteiger partial charge is 0.335 e. The number of halogens is 1. The summed E-state index contributed by atoms with van der Waals surface area (Å²) in [6.45, 7) is 8.52. The van der Waals surface area contributed by atoms with E-state index in [1.54, 1.807) is 31.2 Å². The maximum atomic E-state index is 11.7. The zero-order valence-electron chi connectivity index (χ0n) is 25.8. The van der Waals surface area contributed by atoms with Gasteiger partial charge in [-0.1, -0.05) is 30.3 Å². The van der Waals surface area contributed by atoms with E-state index in [9.17, 15) is 29.7 Å². The van der Waals surface area contributed by atoms with Gasteiger partial charge >= 0.3 is 11.9 Å². The highest BCUT2D eigenvalue weighted by molar-refractivity contribution is 6.04. The molecule has 0 radical (unpaired) electrons. The Morgan fingerprint density at radius 3 is 2.07 bits per heavy atom. The van der Waals surface area contributed by atoms with Gasteiger partial charge in [-0.05, 0) is 112 Å². The number of phenolic OH excluding ortho intramolecular Hbond substituents is 1. The van der Waals surface area contributed by atoms with E-state index in [1.165, 1.54) is 5.56 Å². The Morgan fingerprint density at radius 1 is 0.956 bits per heavy atom. The molecule has 45 heavy (non-hydrogen) atoms. The van der Waals surface area contributed by atoms with Gasteiger partial charge in [0, 0.05) is 18.0 Å². The molecule has 5 rings (SSSR count). The molecule has 0 unspecified atom stereocenters. The summed E-state index contributed by atoms with van der Waals surface area (Å²) in [4.78, 5) is 36.9. The Morgan fingerprint density at radius 2 is 1.53 bits per heavy atom. The SMILES string of the molecule is CC(C)n1nc(C(N)=O)c2ccccc21.Cc1cc(C(=O)O)c(CC2CCN(CCc3ccc(O)cc3)CC2)c(C(=O)O)c1.Cl. The van der Waals surface area contributed by atoms with Crippen molar-refractivity contribution in [1.82, 2.24) is 14.7 Å². The number of carbonyl (C=O) groups excluding carboxylic acids is 1. The lowest BCUT2D eigenvalue weighted by Crippen LogP contribution is -2.36. The number of carboxylic acids is 2. The largest absolute Gasteiger partial charge is 0.508 e. The molecule has 4 aromatic rings. The van der Waals surface area contributed by atoms with E-state index in [2.05, 4.69) is 10.00 Å². The molecular weight excluding hydrogens is 596 g/mol. The fourth-order valence-corrected chi connectivity index (χ4v) is 5.74. The minimum atomic E-state index is -1.07. The molecule has 1 amide bonds. The molecule has 0 bridgehead atoms. The molecule has 11 heteroatoms. The number of phenols is 1. The number of piperidine rings is 1. The highest BCUT2D eigenvalue weighted by Crippen LogP contribution is 2.27. The number of rotatable bonds is 9. The molecule has 5 N–H and O–H groups in total. The fourth-order valence-electron chi connectivity index (χ4n) is 5.74. The molecule has 0 atom stereocenters. The lowest BCUT2D eigenvalue weighted by molar-refractivity contribution is 0.0693. The second-order valence-corrected chi connectivity index (χ2v) is 11.6. The number of likely N-dealkylation sites (tertiary alicyclic amines) is 1. The number of aryl methyl sites for hydroxylation is 1. The van der Waals surface area contributed by atoms with Crippen molar-refractivity contribution in [2.45, 2.75) is 52.5 Å². The van der Waals surface area contributed by atoms with Crippen LogP contribution in [0.3, 0.4) is 0 Å². The van der Waals surface area contributed by atoms with Crippen molar-refractivity contribution in [3.8, 4) is 5.75 Å². The number of nitrogens with zero attached hydrogens (tertiary/aromatic N) is 3. The van der Waals surface area contributed by atoms with Gasteiger partial charge in [0.15, 0.2) is 5.69 Å². The van der Waals surface area contributed by atoms with Crippen LogP contribution in [0.1, 0.15) is 80.6 Å². The van der Waals surface area contributed by atoms with Gasteiger partial charge < -0.3 is 26.0 Å². The number of carbonyl (C=O) groups is 3. The van der Waals surface area contributed by atoms with E-state index in [1.807, 2.05) is 54.9 Å². The Hall–Kier alpha value is -4.41. The fraction of sp³-hybridized carbons (Fsp3) is 0.353. The van der Waals surface area contributed by atoms with Crippen LogP contribution in [-0.2, 0) is 12.8 Å². The summed E-state index contributed by atoms with van der Waals surface area (Å²) < 4.78 is 1.81. The average Bonchev–Trinajstić information content (AvgIpc) is 3.39. The number of fused-ring (bicyclic) bond motifs is 1. The average molecular weight is 637 g/mol. The first-order valence-corrected chi connectivity index (χ1v) is 14.8. The molecule has 0 saturated carbocycles. The van der Waals surface area contributed by atoms with Gasteiger partial charge in [-0.15, -0.1) is 12.4 Å². The summed E-state index contributed by atoms with van der Waals surface area (Å²) in [6, 6.07) is 18.2. The number of aromatic nitrogens is 2. The Bertz CT molecular complexity index is 1610. The van der Waals surface area contributed by atoms with E-state index < -0.39 is 17.8 Å². The number of amides is 1. The van der Waals surface area contributed by atoms with Crippen LogP contribution in [0.25, 0.3) is 10.9 Å². The van der Waals surface area contributed by atoms with Crippen LogP contribution in [-0.4, -0.2) is 67.5 Å². The van der Waals surface area contributed by atoms with Crippen LogP contribution in [0.2, 0.25) is 0 Å². The molecule has 1 aliphatic rings. The van der Waals surface area contributed by atoms with E-state index in [0.29, 0.717) is 23.2 Å². The molecule has 0 spiro atoms. The summed E-state index contributed by atoms with van der Waals surface area (Å²) >= 11 is 0. The third kappa shape index (κ3) is 8.83. The number of aromatic carboxylic acids is 2. The molecule has 0 aliphatic carbocycles. The summed E-state index contributed by atoms with van der Waals surface area (Å²) in [5.41, 5.74) is 9.06. The standard InChI is InChI=1S/C23H27NO5.C11H13N3O.ClH/c1-15-12-20(22(26)27)19(21(13-15)23(28)29)14-17-7-10-24(11-8-17)9-6-16-2-4-18(25)5-3-16;1-7(2)14-9-6-4-3-5-8(9)10(13-14)11(12)15;/h2-5,12-13,17,25H,6-11,14H2,1H3,(H,26,27)(H,28,29);3-7H,1-2H3,(H2,12,15);1H. The van der Waals surface area contributed by atoms with E-state index in [-0.39, 0.29) is 41.2 Å². The van der Waals surface area contributed by atoms with Gasteiger partial charge in [0.2, 0.25) is 0 Å². The quantitative estimate of drug-likeness (QED) is 0.181. The van der Waals surface area contributed by atoms with Crippen molar-refractivity contribution < 1.29 is 29.7 Å².